The fourth-order valence-electron chi connectivity index (χ4n) is 2.70. The lowest BCUT2D eigenvalue weighted by Crippen LogP contribution is -2.10. The molecule has 27 heavy (non-hydrogen) atoms. The SMILES string of the molecule is Cc1c(C(=O)O)sc2nc(/C(Cl)=C/c3cnc4ccccc4n3)[nH]c(=O)c12. The number of fused-ring (bicyclic) bond motifs is 2. The summed E-state index contributed by atoms with van der Waals surface area (Å²) in [6, 6.07) is 7.42. The number of nitrogens with zero attached hydrogens (tertiary/aromatic N) is 3. The minimum absolute atomic E-state index is 0.0839. The van der Waals surface area contributed by atoms with Crippen molar-refractivity contribution in [3.8, 4) is 0 Å². The molecule has 0 atom stereocenters. The Labute approximate surface area is 161 Å². The maximum atomic E-state index is 12.4. The third-order valence-corrected chi connectivity index (χ3v) is 5.42. The van der Waals surface area contributed by atoms with Crippen LogP contribution in [0.3, 0.4) is 0 Å². The predicted octanol–water partition coefficient (Wildman–Crippen LogP) is 3.67. The number of para-hydroxylation sites is 2. The number of aromatic amines is 1. The summed E-state index contributed by atoms with van der Waals surface area (Å²) in [5.74, 6) is -0.952. The van der Waals surface area contributed by atoms with Crippen molar-refractivity contribution in [3.05, 3.63) is 62.8 Å². The fraction of sp³-hybridized carbons (Fsp3) is 0.0556. The van der Waals surface area contributed by atoms with Gasteiger partial charge in [0.05, 0.1) is 33.3 Å². The molecule has 0 radical (unpaired) electrons. The highest BCUT2D eigenvalue weighted by atomic mass is 35.5. The van der Waals surface area contributed by atoms with E-state index in [0.29, 0.717) is 21.6 Å². The third-order valence-electron chi connectivity index (χ3n) is 3.96. The number of hydrogen-bond donors (Lipinski definition) is 2. The molecule has 4 aromatic rings. The molecule has 134 valence electrons. The lowest BCUT2D eigenvalue weighted by Gasteiger charge is -2.01. The van der Waals surface area contributed by atoms with Crippen LogP contribution in [0.25, 0.3) is 32.4 Å². The second kappa shape index (κ2) is 6.57. The molecule has 3 aromatic heterocycles. The zero-order chi connectivity index (χ0) is 19.1. The first-order valence-electron chi connectivity index (χ1n) is 7.80. The van der Waals surface area contributed by atoms with E-state index in [-0.39, 0.29) is 21.1 Å². The van der Waals surface area contributed by atoms with Crippen LogP contribution in [0.5, 0.6) is 0 Å². The molecule has 0 saturated heterocycles. The van der Waals surface area contributed by atoms with E-state index >= 15 is 0 Å². The Morgan fingerprint density at radius 1 is 1.26 bits per heavy atom. The summed E-state index contributed by atoms with van der Waals surface area (Å²) in [5.41, 5.74) is 1.94. The molecule has 0 aliphatic heterocycles. The Balaban J connectivity index is 1.81. The highest BCUT2D eigenvalue weighted by Gasteiger charge is 2.19. The Morgan fingerprint density at radius 3 is 2.74 bits per heavy atom. The molecule has 2 N–H and O–H groups in total. The Bertz CT molecular complexity index is 1310. The second-order valence-electron chi connectivity index (χ2n) is 5.73. The summed E-state index contributed by atoms with van der Waals surface area (Å²) in [6.07, 6.45) is 3.11. The van der Waals surface area contributed by atoms with Crippen molar-refractivity contribution in [2.45, 2.75) is 6.92 Å². The normalized spacial score (nSPS) is 12.0. The molecular weight excluding hydrogens is 388 g/mol. The van der Waals surface area contributed by atoms with Gasteiger partial charge in [0.25, 0.3) is 5.56 Å². The zero-order valence-corrected chi connectivity index (χ0v) is 15.4. The van der Waals surface area contributed by atoms with E-state index in [4.69, 9.17) is 11.6 Å². The molecule has 0 spiro atoms. The highest BCUT2D eigenvalue weighted by molar-refractivity contribution is 7.20. The summed E-state index contributed by atoms with van der Waals surface area (Å²) in [4.78, 5) is 39.7. The molecule has 0 amide bonds. The van der Waals surface area contributed by atoms with Gasteiger partial charge in [-0.3, -0.25) is 9.78 Å². The molecule has 3 heterocycles. The number of aromatic nitrogens is 4. The van der Waals surface area contributed by atoms with E-state index in [1.54, 1.807) is 19.2 Å². The largest absolute Gasteiger partial charge is 0.477 e. The van der Waals surface area contributed by atoms with Gasteiger partial charge in [0.2, 0.25) is 0 Å². The van der Waals surface area contributed by atoms with Gasteiger partial charge in [0.15, 0.2) is 5.82 Å². The average molecular weight is 399 g/mol. The van der Waals surface area contributed by atoms with Crippen LogP contribution >= 0.6 is 22.9 Å². The van der Waals surface area contributed by atoms with Crippen LogP contribution < -0.4 is 5.56 Å². The molecular formula is C18H11ClN4O3S. The van der Waals surface area contributed by atoms with Gasteiger partial charge in [-0.05, 0) is 30.7 Å². The molecule has 7 nitrogen and oxygen atoms in total. The van der Waals surface area contributed by atoms with Gasteiger partial charge in [-0.1, -0.05) is 23.7 Å². The second-order valence-corrected chi connectivity index (χ2v) is 7.14. The number of aromatic carboxylic acids is 1. The third kappa shape index (κ3) is 3.09. The first kappa shape index (κ1) is 17.3. The van der Waals surface area contributed by atoms with E-state index in [2.05, 4.69) is 19.9 Å². The van der Waals surface area contributed by atoms with Crippen molar-refractivity contribution < 1.29 is 9.90 Å². The van der Waals surface area contributed by atoms with Crippen LogP contribution in [0, 0.1) is 6.92 Å². The zero-order valence-electron chi connectivity index (χ0n) is 13.9. The average Bonchev–Trinajstić information content (AvgIpc) is 2.99. The van der Waals surface area contributed by atoms with E-state index in [1.807, 2.05) is 24.3 Å². The molecule has 4 rings (SSSR count). The van der Waals surface area contributed by atoms with Crippen molar-refractivity contribution in [2.75, 3.05) is 0 Å². The van der Waals surface area contributed by atoms with Crippen LogP contribution in [0.15, 0.2) is 35.3 Å². The number of H-pyrrole nitrogens is 1. The minimum atomic E-state index is -1.09. The molecule has 0 bridgehead atoms. The number of rotatable bonds is 3. The molecule has 0 saturated carbocycles. The number of halogens is 1. The Morgan fingerprint density at radius 2 is 2.00 bits per heavy atom. The van der Waals surface area contributed by atoms with Gasteiger partial charge in [-0.25, -0.2) is 14.8 Å². The van der Waals surface area contributed by atoms with Gasteiger partial charge in [0, 0.05) is 0 Å². The fourth-order valence-corrected chi connectivity index (χ4v) is 3.92. The van der Waals surface area contributed by atoms with Crippen molar-refractivity contribution in [3.63, 3.8) is 0 Å². The number of benzene rings is 1. The van der Waals surface area contributed by atoms with Gasteiger partial charge in [-0.15, -0.1) is 11.3 Å². The first-order chi connectivity index (χ1) is 12.9. The quantitative estimate of drug-likeness (QED) is 0.545. The molecule has 0 unspecified atom stereocenters. The lowest BCUT2D eigenvalue weighted by atomic mass is 10.2. The topological polar surface area (TPSA) is 109 Å². The Hall–Kier alpha value is -3.10. The summed E-state index contributed by atoms with van der Waals surface area (Å²) in [7, 11) is 0. The van der Waals surface area contributed by atoms with Crippen molar-refractivity contribution >= 4 is 61.3 Å². The van der Waals surface area contributed by atoms with Gasteiger partial charge in [0.1, 0.15) is 9.71 Å². The van der Waals surface area contributed by atoms with E-state index in [0.717, 1.165) is 16.9 Å². The van der Waals surface area contributed by atoms with Crippen molar-refractivity contribution in [1.29, 1.82) is 0 Å². The number of carboxylic acids is 1. The summed E-state index contributed by atoms with van der Waals surface area (Å²) in [6.45, 7) is 1.58. The standard InChI is InChI=1S/C18H11ClN4O3S/c1-8-13-16(24)22-15(23-17(13)27-14(8)18(25)26)10(19)6-9-7-20-11-4-2-3-5-12(11)21-9/h2-7H,1H3,(H,25,26)(H,22,23,24)/b10-6-. The van der Waals surface area contributed by atoms with Crippen LogP contribution in [0.4, 0.5) is 0 Å². The van der Waals surface area contributed by atoms with Crippen LogP contribution in [-0.4, -0.2) is 31.0 Å². The van der Waals surface area contributed by atoms with E-state index in [9.17, 15) is 14.7 Å². The number of thiophene rings is 1. The molecule has 0 aliphatic carbocycles. The van der Waals surface area contributed by atoms with Gasteiger partial charge < -0.3 is 10.1 Å². The van der Waals surface area contributed by atoms with Gasteiger partial charge in [-0.2, -0.15) is 0 Å². The summed E-state index contributed by atoms with van der Waals surface area (Å²) >= 11 is 7.26. The number of nitrogens with one attached hydrogen (secondary N) is 1. The molecule has 9 heteroatoms. The maximum Gasteiger partial charge on any atom is 0.346 e. The number of carbonyl (C=O) groups is 1. The van der Waals surface area contributed by atoms with Crippen LogP contribution in [0.1, 0.15) is 26.8 Å². The predicted molar refractivity (Wildman–Crippen MR) is 105 cm³/mol. The highest BCUT2D eigenvalue weighted by Crippen LogP contribution is 2.28. The van der Waals surface area contributed by atoms with E-state index < -0.39 is 11.5 Å². The van der Waals surface area contributed by atoms with Crippen LogP contribution in [0.2, 0.25) is 0 Å². The maximum absolute atomic E-state index is 12.4. The smallest absolute Gasteiger partial charge is 0.346 e. The molecule has 0 fully saturated rings. The first-order valence-corrected chi connectivity index (χ1v) is 8.99. The minimum Gasteiger partial charge on any atom is -0.477 e. The van der Waals surface area contributed by atoms with Crippen LogP contribution in [-0.2, 0) is 0 Å². The van der Waals surface area contributed by atoms with E-state index in [1.165, 1.54) is 0 Å². The van der Waals surface area contributed by atoms with Crippen molar-refractivity contribution in [2.24, 2.45) is 0 Å². The van der Waals surface area contributed by atoms with Gasteiger partial charge >= 0.3 is 5.97 Å². The molecule has 0 aliphatic rings. The monoisotopic (exact) mass is 398 g/mol. The lowest BCUT2D eigenvalue weighted by molar-refractivity contribution is 0.0701. The number of carboxylic acid groups (broad SMARTS) is 1. The van der Waals surface area contributed by atoms with Crippen molar-refractivity contribution in [1.82, 2.24) is 19.9 Å². The summed E-state index contributed by atoms with van der Waals surface area (Å²) in [5, 5.41) is 9.66. The number of aryl methyl sites for hydroxylation is 1. The molecule has 1 aromatic carbocycles. The Kier molecular flexibility index (Phi) is 4.21. The summed E-state index contributed by atoms with van der Waals surface area (Å²) < 4.78 is 0. The number of hydrogen-bond acceptors (Lipinski definition) is 6.